The Hall–Kier alpha value is -10.1. The minimum Gasteiger partial charge on any atom is -0.495 e. The summed E-state index contributed by atoms with van der Waals surface area (Å²) in [5.74, 6) is -12.6. The second-order valence-corrected chi connectivity index (χ2v) is 41.3. The van der Waals surface area contributed by atoms with Gasteiger partial charge in [-0.15, -0.1) is 11.8 Å². The summed E-state index contributed by atoms with van der Waals surface area (Å²) in [6.07, 6.45) is 1.58. The zero-order valence-corrected chi connectivity index (χ0v) is 82.3. The molecule has 4 saturated heterocycles. The van der Waals surface area contributed by atoms with E-state index >= 15 is 19.2 Å². The van der Waals surface area contributed by atoms with Crippen LogP contribution < -0.4 is 52.6 Å². The first kappa shape index (κ1) is 107. The molecule has 4 aromatic rings. The van der Waals surface area contributed by atoms with Crippen LogP contribution in [0.2, 0.25) is 5.02 Å². The summed E-state index contributed by atoms with van der Waals surface area (Å²) in [6, 6.07) is 17.5. The number of allylic oxidation sites excluding steroid dienone is 4. The van der Waals surface area contributed by atoms with Gasteiger partial charge in [0.15, 0.2) is 5.78 Å². The number of carbonyl (C=O) groups excluding carboxylic acids is 14. The zero-order valence-electron chi connectivity index (χ0n) is 79.1. The van der Waals surface area contributed by atoms with Gasteiger partial charge in [-0.3, -0.25) is 67.2 Å². The first-order chi connectivity index (χ1) is 65.3. The number of rotatable bonds is 30. The van der Waals surface area contributed by atoms with E-state index in [2.05, 4.69) is 37.2 Å². The number of benzene rings is 4. The number of carbonyl (C=O) groups is 14. The molecule has 5 fully saturated rings. The highest BCUT2D eigenvalue weighted by atomic mass is 35.5. The predicted octanol–water partition coefficient (Wildman–Crippen LogP) is 5.58. The molecule has 744 valence electrons. The Morgan fingerprint density at radius 1 is 0.796 bits per heavy atom. The molecule has 13 N–H and O–H groups in total. The van der Waals surface area contributed by atoms with Crippen molar-refractivity contribution in [1.29, 1.82) is 0 Å². The molecular formula is C99H130ClN11O23S3. The van der Waals surface area contributed by atoms with E-state index in [-0.39, 0.29) is 92.7 Å². The van der Waals surface area contributed by atoms with Gasteiger partial charge in [0.1, 0.15) is 76.5 Å². The Morgan fingerprint density at radius 2 is 1.47 bits per heavy atom. The number of fused-ring (bicyclic) bond motifs is 6. The number of Topliss-reactive ketones (excluding diaryl/α,β-unsaturated/α-hetero) is 1. The number of nitrogens with two attached hydrogens (primary N) is 1. The Balaban J connectivity index is 0.751. The summed E-state index contributed by atoms with van der Waals surface area (Å²) in [5.41, 5.74) is 8.56. The number of ketones is 1. The first-order valence-corrected chi connectivity index (χ1v) is 50.7. The molecule has 11 amide bonds. The molecule has 0 spiro atoms. The number of hydrogen-bond acceptors (Lipinski definition) is 27. The molecule has 0 radical (unpaired) electrons. The Labute approximate surface area is 815 Å². The second kappa shape index (κ2) is 49.7. The number of thioether (sulfide) groups is 1. The van der Waals surface area contributed by atoms with Crippen LogP contribution in [0.25, 0.3) is 5.57 Å². The van der Waals surface area contributed by atoms with E-state index in [1.54, 1.807) is 98.8 Å². The van der Waals surface area contributed by atoms with Crippen molar-refractivity contribution in [1.82, 2.24) is 47.0 Å². The molecule has 137 heavy (non-hydrogen) atoms. The molecular weight excluding hydrogens is 1840 g/mol. The van der Waals surface area contributed by atoms with Crippen LogP contribution in [-0.4, -0.2) is 280 Å². The van der Waals surface area contributed by atoms with E-state index in [4.69, 9.17) is 41.0 Å². The molecule has 1 saturated carbocycles. The quantitative estimate of drug-likeness (QED) is 0.00996. The number of nitrogens with one attached hydrogen (secondary N) is 7. The molecule has 7 aliphatic rings. The van der Waals surface area contributed by atoms with Gasteiger partial charge in [-0.1, -0.05) is 155 Å². The normalized spacial score (nSPS) is 28.5. The summed E-state index contributed by atoms with van der Waals surface area (Å²) in [7, 11) is 7.81. The Bertz CT molecular complexity index is 5100. The minimum absolute atomic E-state index is 0.0114. The fourth-order valence-electron chi connectivity index (χ4n) is 18.4. The number of hydrogen-bond donors (Lipinski definition) is 12. The van der Waals surface area contributed by atoms with E-state index < -0.39 is 221 Å². The molecule has 5 aliphatic heterocycles. The van der Waals surface area contributed by atoms with Gasteiger partial charge in [-0.05, 0) is 157 Å². The number of ether oxygens (including phenoxy) is 5. The van der Waals surface area contributed by atoms with Gasteiger partial charge in [0, 0.05) is 101 Å². The number of likely N-dealkylation sites (tertiary alicyclic amines) is 1. The monoisotopic (exact) mass is 1970 g/mol. The van der Waals surface area contributed by atoms with Crippen molar-refractivity contribution < 1.29 is 111 Å². The molecule has 34 nitrogen and oxygen atoms in total. The third-order valence-corrected chi connectivity index (χ3v) is 31.0. The number of amides is 11. The maximum absolute atomic E-state index is 15.6. The third kappa shape index (κ3) is 28.4. The van der Waals surface area contributed by atoms with Gasteiger partial charge in [0.25, 0.3) is 0 Å². The van der Waals surface area contributed by atoms with Crippen LogP contribution in [0.4, 0.5) is 5.69 Å². The molecule has 11 rings (SSSR count). The number of likely N-dealkylation sites (N-methyl/N-ethyl adjacent to an activating group) is 1. The number of aliphatic hydroxyl groups excluding tert-OH is 3. The summed E-state index contributed by atoms with van der Waals surface area (Å²) in [6.45, 7) is 8.95. The van der Waals surface area contributed by atoms with E-state index in [1.165, 1.54) is 63.8 Å². The highest BCUT2D eigenvalue weighted by Crippen LogP contribution is 2.50. The van der Waals surface area contributed by atoms with Crippen LogP contribution in [0.5, 0.6) is 5.75 Å². The molecule has 38 heteroatoms. The van der Waals surface area contributed by atoms with Crippen molar-refractivity contribution in [2.45, 2.75) is 259 Å². The predicted molar refractivity (Wildman–Crippen MR) is 518 cm³/mol. The van der Waals surface area contributed by atoms with Crippen molar-refractivity contribution in [3.63, 3.8) is 0 Å². The van der Waals surface area contributed by atoms with Gasteiger partial charge in [0.2, 0.25) is 65.0 Å². The average Bonchev–Trinajstić information content (AvgIpc) is 1.57. The number of epoxide rings is 1. The topological polar surface area (TPSA) is 489 Å². The molecule has 4 bridgehead atoms. The number of methoxy groups -OCH3 is 2. The lowest BCUT2D eigenvalue weighted by molar-refractivity contribution is -0.187. The molecule has 4 aromatic carbocycles. The molecule has 1 unspecified atom stereocenters. The van der Waals surface area contributed by atoms with Crippen molar-refractivity contribution in [2.75, 3.05) is 70.2 Å². The summed E-state index contributed by atoms with van der Waals surface area (Å²) in [5, 5.41) is 62.7. The molecule has 5 heterocycles. The highest BCUT2D eigenvalue weighted by molar-refractivity contribution is 8.76. The number of anilines is 1. The lowest BCUT2D eigenvalue weighted by Crippen LogP contribution is -2.61. The van der Waals surface area contributed by atoms with Crippen molar-refractivity contribution >= 4 is 139 Å². The molecule has 19 atom stereocenters. The van der Waals surface area contributed by atoms with E-state index in [9.17, 15) is 68.4 Å². The molecule has 0 aromatic heterocycles. The minimum atomic E-state index is -1.74. The maximum atomic E-state index is 15.6. The van der Waals surface area contributed by atoms with Crippen LogP contribution in [0.1, 0.15) is 159 Å². The van der Waals surface area contributed by atoms with Crippen molar-refractivity contribution in [3.8, 4) is 5.75 Å². The number of imide groups is 1. The average molecular weight is 1970 g/mol. The van der Waals surface area contributed by atoms with E-state index in [1.807, 2.05) is 43.3 Å². The smallest absolute Gasteiger partial charge is 0.328 e. The van der Waals surface area contributed by atoms with Gasteiger partial charge in [0.05, 0.1) is 67.9 Å². The van der Waals surface area contributed by atoms with Crippen molar-refractivity contribution in [2.24, 2.45) is 29.4 Å². The lowest BCUT2D eigenvalue weighted by Gasteiger charge is -2.41. The fraction of sp³-hybridized carbons (Fsp3) is 0.556. The van der Waals surface area contributed by atoms with Gasteiger partial charge in [-0.2, -0.15) is 0 Å². The number of aliphatic hydroxyl groups is 4. The third-order valence-electron chi connectivity index (χ3n) is 27.0. The van der Waals surface area contributed by atoms with Crippen LogP contribution in [0, 0.1) is 23.7 Å². The fourth-order valence-corrected chi connectivity index (χ4v) is 22.2. The summed E-state index contributed by atoms with van der Waals surface area (Å²) < 4.78 is 30.0. The lowest BCUT2D eigenvalue weighted by atomic mass is 9.78. The van der Waals surface area contributed by atoms with Crippen LogP contribution >= 0.6 is 45.0 Å². The standard InChI is InChI=1S/C99H130ClN11O23S3/c1-55-22-21-30-80(131-10)99(129)49-78(132-85(119)50-99)56(2)88-98(6,134-88)81(48-83(117)110(8)75-43-63(40-55)44-77(130-9)86(75)100)133-97(128)57(3)109(7)82(116)37-39-135-79-47-84(118)111(96(79)127)51-62-31-33-65(34-32-62)89(120)103-70(42-61-25-15-12-16-26-61)92(123)106-73-53-136-137-54-74(94(125)105-72(52-112)58(4)113)107-95(126)87(59(5)114)108-91(122)69(29-19-20-38-101)102-93(124)71(45-66-36-35-64-27-17-18-28-68(64)66)104-90(121)67(46-76(73)115)41-60-23-13-11-14-24-60/h11-18,21-28,30,36,43-44,56-59,62,65,67,69-74,78-81,87-88,112-114,129H,19-20,29,31-35,37-42,45-54,101H2,1-10H3,(H,102,124)(H,103,120)(H,104,121)(H,105,125)(H,106,123)(H,107,126)(H,108,122)/b30-21+,55-22+/t56-,57+,58-,59-,62?,65?,67-,69+,70-,71-,72-,73+,74+,78+,79?,80-,81+,87+,88+,98+,99-/m1/s1. The van der Waals surface area contributed by atoms with Crippen molar-refractivity contribution in [3.05, 3.63) is 160 Å². The van der Waals surface area contributed by atoms with Crippen LogP contribution in [-0.2, 0) is 112 Å². The van der Waals surface area contributed by atoms with Crippen LogP contribution in [0.3, 0.4) is 0 Å². The van der Waals surface area contributed by atoms with Gasteiger partial charge < -0.3 is 96.9 Å². The number of nitrogens with zero attached hydrogens (tertiary/aromatic N) is 3. The number of unbranched alkanes of at least 4 members (excludes halogenated alkanes) is 1. The Kier molecular flexibility index (Phi) is 38.9. The number of esters is 2. The van der Waals surface area contributed by atoms with Gasteiger partial charge in [-0.25, -0.2) is 4.79 Å². The number of halogens is 1. The van der Waals surface area contributed by atoms with E-state index in [0.717, 1.165) is 55.6 Å². The highest BCUT2D eigenvalue weighted by Gasteiger charge is 2.65. The largest absolute Gasteiger partial charge is 0.495 e. The van der Waals surface area contributed by atoms with Crippen LogP contribution in [0.15, 0.2) is 127 Å². The summed E-state index contributed by atoms with van der Waals surface area (Å²) >= 11 is 8.03. The summed E-state index contributed by atoms with van der Waals surface area (Å²) in [4.78, 5) is 208. The van der Waals surface area contributed by atoms with Gasteiger partial charge >= 0.3 is 11.9 Å². The zero-order chi connectivity index (χ0) is 99.3. The first-order valence-electron chi connectivity index (χ1n) is 46.8. The second-order valence-electron chi connectivity index (χ2n) is 37.1. The SMILES string of the molecule is COc1cc2cc(c1Cl)N(C)C(=O)C[C@H](OC(=O)[C@H](C)N(C)C(=O)CCSC1CC(=O)N(CC3CCC(C(=O)N[C@H](Cc4ccccc4)C(=O)N[C@H]4CSSC[C@@H](C(=O)N[C@H](CO)[C@@H](C)O)NC(=O)[C@H]([C@@H](C)O)NC(=O)[C@H](CCCCN)NC(=O)[C@@H](CC5=CCc6ccccc65)NC(=O)[C@H](Cc5ccccc5)CC4=O)CC3)C1=O)[C@]1(C)O[C@H]1[C@H](C)[C@@H]1C[C@@](O)(CC(=O)O1)[C@H](OC)/C=C/C=C(\C)C2. The molecule has 2 aliphatic carbocycles. The Morgan fingerprint density at radius 3 is 2.15 bits per heavy atom. The maximum Gasteiger partial charge on any atom is 0.328 e. The van der Waals surface area contributed by atoms with E-state index in [0.29, 0.717) is 79.5 Å².